The van der Waals surface area contributed by atoms with Crippen molar-refractivity contribution in [2.24, 2.45) is 12.0 Å². The molecule has 1 aromatic heterocycles. The Bertz CT molecular complexity index is 502. The van der Waals surface area contributed by atoms with Gasteiger partial charge in [-0.15, -0.1) is 0 Å². The van der Waals surface area contributed by atoms with Crippen molar-refractivity contribution in [3.05, 3.63) is 24.0 Å². The highest BCUT2D eigenvalue weighted by Gasteiger charge is 2.19. The fraction of sp³-hybridized carbons (Fsp3) is 0.667. The summed E-state index contributed by atoms with van der Waals surface area (Å²) in [5.41, 5.74) is 1.22. The van der Waals surface area contributed by atoms with Gasteiger partial charge in [-0.05, 0) is 32.9 Å². The Kier molecular flexibility index (Phi) is 6.45. The van der Waals surface area contributed by atoms with Crippen molar-refractivity contribution in [1.29, 1.82) is 0 Å². The number of nitrogens with zero attached hydrogens (tertiary/aromatic N) is 3. The number of nitrogens with one attached hydrogen (secondary N) is 1. The summed E-state index contributed by atoms with van der Waals surface area (Å²) in [5.74, 6) is 1.45. The van der Waals surface area contributed by atoms with E-state index in [0.29, 0.717) is 12.3 Å². The molecule has 120 valence electrons. The predicted octanol–water partition coefficient (Wildman–Crippen LogP) is 1.58. The summed E-state index contributed by atoms with van der Waals surface area (Å²) in [6.07, 6.45) is 2.03. The van der Waals surface area contributed by atoms with E-state index in [0.717, 1.165) is 12.5 Å². The Labute approximate surface area is 130 Å². The standard InChI is InChI=1S/C15H28N4OS/c1-15(2,3)21(20)11-9-17-14(16-4)19(6)12-13-8-7-10-18(13)5/h7-8,10H,9,11-12H2,1-6H3,(H,16,17). The topological polar surface area (TPSA) is 49.6 Å². The summed E-state index contributed by atoms with van der Waals surface area (Å²) < 4.78 is 13.9. The molecule has 1 aromatic rings. The molecule has 0 bridgehead atoms. The van der Waals surface area contributed by atoms with Crippen molar-refractivity contribution < 1.29 is 4.21 Å². The molecule has 0 aliphatic carbocycles. The van der Waals surface area contributed by atoms with Gasteiger partial charge in [0.15, 0.2) is 5.96 Å². The normalized spacial score (nSPS) is 14.1. The van der Waals surface area contributed by atoms with Crippen molar-refractivity contribution in [1.82, 2.24) is 14.8 Å². The van der Waals surface area contributed by atoms with Crippen LogP contribution < -0.4 is 5.32 Å². The van der Waals surface area contributed by atoms with Gasteiger partial charge in [-0.2, -0.15) is 0 Å². The van der Waals surface area contributed by atoms with E-state index in [4.69, 9.17) is 0 Å². The summed E-state index contributed by atoms with van der Waals surface area (Å²) in [6.45, 7) is 7.44. The number of aliphatic imine (C=N–C) groups is 1. The van der Waals surface area contributed by atoms with E-state index in [2.05, 4.69) is 25.8 Å². The molecule has 0 amide bonds. The largest absolute Gasteiger partial charge is 0.355 e. The van der Waals surface area contributed by atoms with Gasteiger partial charge in [-0.25, -0.2) is 0 Å². The van der Waals surface area contributed by atoms with Gasteiger partial charge in [0, 0.05) is 60.9 Å². The zero-order valence-corrected chi connectivity index (χ0v) is 14.8. The van der Waals surface area contributed by atoms with Crippen LogP contribution in [0, 0.1) is 0 Å². The molecule has 0 fully saturated rings. The molecule has 1 atom stereocenters. The summed E-state index contributed by atoms with van der Waals surface area (Å²) in [5, 5.41) is 3.28. The Morgan fingerprint density at radius 3 is 2.62 bits per heavy atom. The fourth-order valence-corrected chi connectivity index (χ4v) is 2.82. The first kappa shape index (κ1) is 17.8. The highest BCUT2D eigenvalue weighted by atomic mass is 32.2. The third-order valence-corrected chi connectivity index (χ3v) is 5.22. The predicted molar refractivity (Wildman–Crippen MR) is 91.0 cm³/mol. The van der Waals surface area contributed by atoms with Crippen LogP contribution in [0.5, 0.6) is 0 Å². The highest BCUT2D eigenvalue weighted by Crippen LogP contribution is 2.10. The quantitative estimate of drug-likeness (QED) is 0.663. The number of hydrogen-bond acceptors (Lipinski definition) is 2. The first-order chi connectivity index (χ1) is 9.75. The summed E-state index contributed by atoms with van der Waals surface area (Å²) in [7, 11) is 4.96. The smallest absolute Gasteiger partial charge is 0.193 e. The van der Waals surface area contributed by atoms with E-state index >= 15 is 0 Å². The molecule has 0 aliphatic heterocycles. The molecule has 6 heteroatoms. The molecule has 1 rings (SSSR count). The second-order valence-corrected chi connectivity index (χ2v) is 8.43. The Hall–Kier alpha value is -1.30. The molecule has 0 saturated heterocycles. The van der Waals surface area contributed by atoms with E-state index in [9.17, 15) is 4.21 Å². The fourth-order valence-electron chi connectivity index (χ4n) is 1.93. The summed E-state index contributed by atoms with van der Waals surface area (Å²) in [6, 6.07) is 4.13. The molecule has 0 aromatic carbocycles. The zero-order valence-electron chi connectivity index (χ0n) is 14.0. The maximum Gasteiger partial charge on any atom is 0.193 e. The van der Waals surface area contributed by atoms with Gasteiger partial charge in [0.25, 0.3) is 0 Å². The third-order valence-electron chi connectivity index (χ3n) is 3.28. The van der Waals surface area contributed by atoms with Crippen molar-refractivity contribution in [3.63, 3.8) is 0 Å². The van der Waals surface area contributed by atoms with Crippen molar-refractivity contribution in [2.75, 3.05) is 26.4 Å². The summed E-state index contributed by atoms with van der Waals surface area (Å²) in [4.78, 5) is 6.35. The maximum atomic E-state index is 12.0. The van der Waals surface area contributed by atoms with Crippen LogP contribution in [0.2, 0.25) is 0 Å². The van der Waals surface area contributed by atoms with Gasteiger partial charge < -0.3 is 14.8 Å². The van der Waals surface area contributed by atoms with E-state index < -0.39 is 10.8 Å². The average molecular weight is 312 g/mol. The van der Waals surface area contributed by atoms with Crippen LogP contribution in [0.25, 0.3) is 0 Å². The third kappa shape index (κ3) is 5.53. The SMILES string of the molecule is CN=C(NCCS(=O)C(C)(C)C)N(C)Cc1cccn1C. The van der Waals surface area contributed by atoms with Crippen molar-refractivity contribution in [2.45, 2.75) is 32.1 Å². The van der Waals surface area contributed by atoms with Crippen LogP contribution >= 0.6 is 0 Å². The molecule has 1 N–H and O–H groups in total. The lowest BCUT2D eigenvalue weighted by Crippen LogP contribution is -2.41. The minimum atomic E-state index is -0.844. The molecule has 1 heterocycles. The number of rotatable bonds is 5. The van der Waals surface area contributed by atoms with Crippen LogP contribution in [0.1, 0.15) is 26.5 Å². The number of aryl methyl sites for hydroxylation is 1. The van der Waals surface area contributed by atoms with Gasteiger partial charge >= 0.3 is 0 Å². The van der Waals surface area contributed by atoms with Gasteiger partial charge in [-0.3, -0.25) is 9.20 Å². The van der Waals surface area contributed by atoms with E-state index in [1.807, 2.05) is 47.1 Å². The zero-order chi connectivity index (χ0) is 16.0. The molecule has 1 unspecified atom stereocenters. The molecule has 21 heavy (non-hydrogen) atoms. The lowest BCUT2D eigenvalue weighted by Gasteiger charge is -2.23. The number of hydrogen-bond donors (Lipinski definition) is 1. The van der Waals surface area contributed by atoms with E-state index in [1.54, 1.807) is 7.05 Å². The van der Waals surface area contributed by atoms with Crippen LogP contribution in [0.4, 0.5) is 0 Å². The van der Waals surface area contributed by atoms with Gasteiger partial charge in [0.2, 0.25) is 0 Å². The minimum absolute atomic E-state index is 0.167. The average Bonchev–Trinajstić information content (AvgIpc) is 2.78. The lowest BCUT2D eigenvalue weighted by molar-refractivity contribution is 0.464. The Balaban J connectivity index is 2.48. The molecular weight excluding hydrogens is 284 g/mol. The second kappa shape index (κ2) is 7.64. The van der Waals surface area contributed by atoms with Crippen molar-refractivity contribution in [3.8, 4) is 0 Å². The molecule has 0 radical (unpaired) electrons. The van der Waals surface area contributed by atoms with Crippen LogP contribution in [0.15, 0.2) is 23.3 Å². The number of guanidine groups is 1. The lowest BCUT2D eigenvalue weighted by atomic mass is 10.3. The van der Waals surface area contributed by atoms with E-state index in [-0.39, 0.29) is 4.75 Å². The van der Waals surface area contributed by atoms with Crippen LogP contribution in [-0.4, -0.2) is 50.8 Å². The molecule has 5 nitrogen and oxygen atoms in total. The molecule has 0 saturated carbocycles. The second-order valence-electron chi connectivity index (χ2n) is 6.10. The monoisotopic (exact) mass is 312 g/mol. The minimum Gasteiger partial charge on any atom is -0.355 e. The van der Waals surface area contributed by atoms with Crippen LogP contribution in [0.3, 0.4) is 0 Å². The highest BCUT2D eigenvalue weighted by molar-refractivity contribution is 7.86. The van der Waals surface area contributed by atoms with Crippen molar-refractivity contribution >= 4 is 16.8 Å². The molecular formula is C15H28N4OS. The Morgan fingerprint density at radius 1 is 1.48 bits per heavy atom. The molecule has 0 aliphatic rings. The maximum absolute atomic E-state index is 12.0. The Morgan fingerprint density at radius 2 is 2.14 bits per heavy atom. The van der Waals surface area contributed by atoms with Gasteiger partial charge in [0.1, 0.15) is 0 Å². The van der Waals surface area contributed by atoms with Gasteiger partial charge in [-0.1, -0.05) is 0 Å². The van der Waals surface area contributed by atoms with Gasteiger partial charge in [0.05, 0.1) is 6.54 Å². The number of aromatic nitrogens is 1. The first-order valence-corrected chi connectivity index (χ1v) is 8.48. The van der Waals surface area contributed by atoms with E-state index in [1.165, 1.54) is 5.69 Å². The first-order valence-electron chi connectivity index (χ1n) is 7.16. The summed E-state index contributed by atoms with van der Waals surface area (Å²) >= 11 is 0. The van der Waals surface area contributed by atoms with Crippen LogP contribution in [-0.2, 0) is 24.4 Å². The molecule has 0 spiro atoms.